The molecule has 0 aromatic rings. The summed E-state index contributed by atoms with van der Waals surface area (Å²) in [4.78, 5) is 0. The SMILES string of the molecule is CC(CBr)CC1CCC[Si]C1(C)C. The highest BCUT2D eigenvalue weighted by Crippen LogP contribution is 2.45. The Hall–Kier alpha value is 0.697. The molecule has 2 heteroatoms. The maximum atomic E-state index is 3.58. The minimum absolute atomic E-state index is 0.634. The minimum Gasteiger partial charge on any atom is -0.0925 e. The van der Waals surface area contributed by atoms with E-state index >= 15 is 0 Å². The van der Waals surface area contributed by atoms with Gasteiger partial charge >= 0.3 is 0 Å². The fourth-order valence-electron chi connectivity index (χ4n) is 2.23. The van der Waals surface area contributed by atoms with Crippen LogP contribution in [-0.4, -0.2) is 14.8 Å². The monoisotopic (exact) mass is 260 g/mol. The number of hydrogen-bond donors (Lipinski definition) is 0. The van der Waals surface area contributed by atoms with Gasteiger partial charge in [0.15, 0.2) is 0 Å². The van der Waals surface area contributed by atoms with Gasteiger partial charge in [-0.1, -0.05) is 55.6 Å². The molecule has 1 heterocycles. The van der Waals surface area contributed by atoms with E-state index in [1.54, 1.807) is 0 Å². The van der Waals surface area contributed by atoms with Crippen molar-refractivity contribution in [3.05, 3.63) is 0 Å². The van der Waals surface area contributed by atoms with E-state index in [0.29, 0.717) is 5.04 Å². The Morgan fingerprint density at radius 2 is 2.23 bits per heavy atom. The molecule has 0 aliphatic carbocycles. The fourth-order valence-corrected chi connectivity index (χ4v) is 4.07. The van der Waals surface area contributed by atoms with Crippen LogP contribution in [0, 0.1) is 11.8 Å². The van der Waals surface area contributed by atoms with E-state index in [9.17, 15) is 0 Å². The molecule has 76 valence electrons. The summed E-state index contributed by atoms with van der Waals surface area (Å²) in [7, 11) is 1.19. The van der Waals surface area contributed by atoms with Crippen molar-refractivity contribution in [1.82, 2.24) is 0 Å². The third kappa shape index (κ3) is 3.39. The molecular formula is C11H21BrSi. The molecule has 0 aromatic carbocycles. The van der Waals surface area contributed by atoms with Gasteiger partial charge in [-0.2, -0.15) is 0 Å². The average Bonchev–Trinajstić information content (AvgIpc) is 2.08. The van der Waals surface area contributed by atoms with Gasteiger partial charge in [-0.3, -0.25) is 0 Å². The van der Waals surface area contributed by atoms with Crippen LogP contribution in [0.3, 0.4) is 0 Å². The lowest BCUT2D eigenvalue weighted by atomic mass is 9.83. The van der Waals surface area contributed by atoms with E-state index in [4.69, 9.17) is 0 Å². The van der Waals surface area contributed by atoms with E-state index in [2.05, 4.69) is 36.7 Å². The van der Waals surface area contributed by atoms with Gasteiger partial charge in [0, 0.05) is 14.8 Å². The molecule has 0 amide bonds. The van der Waals surface area contributed by atoms with Crippen LogP contribution in [0.4, 0.5) is 0 Å². The minimum atomic E-state index is 0.634. The highest BCUT2D eigenvalue weighted by atomic mass is 79.9. The van der Waals surface area contributed by atoms with Crippen LogP contribution in [0.5, 0.6) is 0 Å². The molecule has 1 saturated heterocycles. The van der Waals surface area contributed by atoms with Gasteiger partial charge in [0.25, 0.3) is 0 Å². The molecule has 0 aromatic heterocycles. The first-order valence-electron chi connectivity index (χ1n) is 5.37. The van der Waals surface area contributed by atoms with E-state index in [1.807, 2.05) is 0 Å². The van der Waals surface area contributed by atoms with Crippen LogP contribution in [0.15, 0.2) is 0 Å². The Balaban J connectivity index is 2.46. The Kier molecular flexibility index (Phi) is 4.50. The third-order valence-corrected chi connectivity index (χ3v) is 6.31. The molecular weight excluding hydrogens is 240 g/mol. The Morgan fingerprint density at radius 1 is 1.54 bits per heavy atom. The van der Waals surface area contributed by atoms with E-state index in [0.717, 1.165) is 11.8 Å². The van der Waals surface area contributed by atoms with Crippen molar-refractivity contribution in [2.24, 2.45) is 11.8 Å². The Labute approximate surface area is 93.8 Å². The van der Waals surface area contributed by atoms with Crippen LogP contribution in [0.1, 0.15) is 40.0 Å². The first kappa shape index (κ1) is 11.8. The summed E-state index contributed by atoms with van der Waals surface area (Å²) < 4.78 is 0. The molecule has 2 radical (unpaired) electrons. The predicted octanol–water partition coefficient (Wildman–Crippen LogP) is 4.14. The summed E-state index contributed by atoms with van der Waals surface area (Å²) in [6, 6.07) is 1.48. The molecule has 1 aliphatic rings. The topological polar surface area (TPSA) is 0 Å². The zero-order chi connectivity index (χ0) is 9.90. The van der Waals surface area contributed by atoms with Crippen molar-refractivity contribution < 1.29 is 0 Å². The van der Waals surface area contributed by atoms with Crippen molar-refractivity contribution in [3.8, 4) is 0 Å². The second kappa shape index (κ2) is 4.97. The third-order valence-electron chi connectivity index (χ3n) is 3.28. The zero-order valence-corrected chi connectivity index (χ0v) is 11.7. The number of hydrogen-bond acceptors (Lipinski definition) is 0. The molecule has 1 fully saturated rings. The Bertz CT molecular complexity index is 156. The molecule has 2 atom stereocenters. The molecule has 1 aliphatic heterocycles. The van der Waals surface area contributed by atoms with Crippen LogP contribution in [0.25, 0.3) is 0 Å². The maximum absolute atomic E-state index is 3.58. The van der Waals surface area contributed by atoms with Gasteiger partial charge in [-0.25, -0.2) is 0 Å². The van der Waals surface area contributed by atoms with Gasteiger partial charge in [-0.15, -0.1) is 0 Å². The van der Waals surface area contributed by atoms with Gasteiger partial charge in [-0.05, 0) is 23.3 Å². The molecule has 0 bridgehead atoms. The molecule has 1 rings (SSSR count). The molecule has 2 unspecified atom stereocenters. The van der Waals surface area contributed by atoms with E-state index in [1.165, 1.54) is 40.2 Å². The maximum Gasteiger partial charge on any atom is 0.0452 e. The lowest BCUT2D eigenvalue weighted by Gasteiger charge is -2.39. The summed E-state index contributed by atoms with van der Waals surface area (Å²) in [5.41, 5.74) is 0. The molecule has 0 spiro atoms. The quantitative estimate of drug-likeness (QED) is 0.529. The van der Waals surface area contributed by atoms with Crippen LogP contribution in [0.2, 0.25) is 11.1 Å². The van der Waals surface area contributed by atoms with Crippen molar-refractivity contribution in [2.75, 3.05) is 5.33 Å². The number of halogens is 1. The standard InChI is InChI=1S/C11H21BrSi/c1-9(8-12)7-10-5-4-6-13-11(10,2)3/h9-10H,4-8H2,1-3H3. The lowest BCUT2D eigenvalue weighted by molar-refractivity contribution is 0.296. The largest absolute Gasteiger partial charge is 0.0925 e. The van der Waals surface area contributed by atoms with Crippen LogP contribution in [-0.2, 0) is 0 Å². The summed E-state index contributed by atoms with van der Waals surface area (Å²) in [5, 5.41) is 1.80. The highest BCUT2D eigenvalue weighted by Gasteiger charge is 2.33. The Morgan fingerprint density at radius 3 is 2.77 bits per heavy atom. The summed E-state index contributed by atoms with van der Waals surface area (Å²) >= 11 is 3.58. The number of alkyl halides is 1. The summed E-state index contributed by atoms with van der Waals surface area (Å²) in [5.74, 6) is 1.83. The predicted molar refractivity (Wildman–Crippen MR) is 64.9 cm³/mol. The summed E-state index contributed by atoms with van der Waals surface area (Å²) in [6.45, 7) is 7.30. The zero-order valence-electron chi connectivity index (χ0n) is 9.07. The molecule has 13 heavy (non-hydrogen) atoms. The molecule has 0 nitrogen and oxygen atoms in total. The second-order valence-corrected chi connectivity index (χ2v) is 7.77. The average molecular weight is 261 g/mol. The van der Waals surface area contributed by atoms with E-state index in [-0.39, 0.29) is 0 Å². The van der Waals surface area contributed by atoms with Crippen LogP contribution < -0.4 is 0 Å². The highest BCUT2D eigenvalue weighted by molar-refractivity contribution is 9.09. The van der Waals surface area contributed by atoms with Gasteiger partial charge < -0.3 is 0 Å². The van der Waals surface area contributed by atoms with Gasteiger partial charge in [0.05, 0.1) is 0 Å². The van der Waals surface area contributed by atoms with Gasteiger partial charge in [0.2, 0.25) is 0 Å². The summed E-state index contributed by atoms with van der Waals surface area (Å²) in [6.07, 6.45) is 4.37. The first-order valence-corrected chi connectivity index (χ1v) is 7.70. The first-order chi connectivity index (χ1) is 6.06. The smallest absolute Gasteiger partial charge is 0.0452 e. The number of rotatable bonds is 3. The lowest BCUT2D eigenvalue weighted by Crippen LogP contribution is -2.29. The van der Waals surface area contributed by atoms with Crippen molar-refractivity contribution in [1.29, 1.82) is 0 Å². The van der Waals surface area contributed by atoms with E-state index < -0.39 is 0 Å². The van der Waals surface area contributed by atoms with Crippen molar-refractivity contribution in [2.45, 2.75) is 51.1 Å². The fraction of sp³-hybridized carbons (Fsp3) is 1.00. The van der Waals surface area contributed by atoms with Crippen molar-refractivity contribution >= 4 is 25.4 Å². The van der Waals surface area contributed by atoms with Gasteiger partial charge in [0.1, 0.15) is 0 Å². The van der Waals surface area contributed by atoms with Crippen LogP contribution >= 0.6 is 15.9 Å². The molecule has 0 N–H and O–H groups in total. The van der Waals surface area contributed by atoms with Crippen molar-refractivity contribution in [3.63, 3.8) is 0 Å². The molecule has 0 saturated carbocycles. The second-order valence-electron chi connectivity index (χ2n) is 4.98. The normalized spacial score (nSPS) is 30.0.